The van der Waals surface area contributed by atoms with Gasteiger partial charge in [-0.3, -0.25) is 4.21 Å². The van der Waals surface area contributed by atoms with Crippen LogP contribution < -0.4 is 0 Å². The van der Waals surface area contributed by atoms with Crippen molar-refractivity contribution in [3.63, 3.8) is 0 Å². The first kappa shape index (κ1) is 11.0. The average molecular weight is 258 g/mol. The minimum Gasteiger partial charge on any atom is -0.255 e. The summed E-state index contributed by atoms with van der Waals surface area (Å²) >= 11 is 0. The minimum atomic E-state index is -0.720. The predicted molar refractivity (Wildman–Crippen MR) is 74.6 cm³/mol. The molecule has 1 heterocycles. The van der Waals surface area contributed by atoms with Crippen molar-refractivity contribution in [1.82, 2.24) is 0 Å². The third-order valence-electron chi connectivity index (χ3n) is 5.19. The maximum absolute atomic E-state index is 12.3. The van der Waals surface area contributed by atoms with E-state index in [4.69, 9.17) is 0 Å². The van der Waals surface area contributed by atoms with E-state index in [0.717, 1.165) is 11.8 Å². The third kappa shape index (κ3) is 1.48. The summed E-state index contributed by atoms with van der Waals surface area (Å²) in [6, 6.07) is 10.8. The Bertz CT molecular complexity index is 507. The summed E-state index contributed by atoms with van der Waals surface area (Å²) in [5.41, 5.74) is 1.41. The Morgan fingerprint density at radius 3 is 2.67 bits per heavy atom. The van der Waals surface area contributed by atoms with Crippen LogP contribution in [0.2, 0.25) is 0 Å². The number of rotatable bonds is 1. The van der Waals surface area contributed by atoms with E-state index in [1.165, 1.54) is 24.8 Å². The molecule has 94 valence electrons. The lowest BCUT2D eigenvalue weighted by atomic mass is 9.75. The Morgan fingerprint density at radius 2 is 1.83 bits per heavy atom. The predicted octanol–water partition coefficient (Wildman–Crippen LogP) is 3.46. The van der Waals surface area contributed by atoms with Gasteiger partial charge in [-0.15, -0.1) is 0 Å². The van der Waals surface area contributed by atoms with Gasteiger partial charge in [0.1, 0.15) is 0 Å². The molecule has 2 fully saturated rings. The van der Waals surface area contributed by atoms with Gasteiger partial charge in [0.2, 0.25) is 0 Å². The smallest absolute Gasteiger partial charge is 0.0490 e. The average Bonchev–Trinajstić information content (AvgIpc) is 3.02. The van der Waals surface area contributed by atoms with Crippen LogP contribution in [0, 0.1) is 17.8 Å². The van der Waals surface area contributed by atoms with Crippen LogP contribution in [-0.4, -0.2) is 9.46 Å². The molecular formula is C16H18OS. The van der Waals surface area contributed by atoms with Crippen LogP contribution >= 0.6 is 0 Å². The molecule has 3 aliphatic rings. The molecule has 1 aliphatic heterocycles. The van der Waals surface area contributed by atoms with E-state index in [0.29, 0.717) is 17.1 Å². The van der Waals surface area contributed by atoms with Crippen molar-refractivity contribution in [1.29, 1.82) is 0 Å². The summed E-state index contributed by atoms with van der Waals surface area (Å²) in [4.78, 5) is 0. The summed E-state index contributed by atoms with van der Waals surface area (Å²) in [6.45, 7) is 0. The second-order valence-corrected chi connectivity index (χ2v) is 7.44. The topological polar surface area (TPSA) is 17.1 Å². The van der Waals surface area contributed by atoms with E-state index in [-0.39, 0.29) is 0 Å². The molecule has 2 bridgehead atoms. The molecule has 0 spiro atoms. The number of hydrogen-bond acceptors (Lipinski definition) is 1. The molecule has 6 atom stereocenters. The Kier molecular flexibility index (Phi) is 2.47. The number of allylic oxidation sites excluding steroid dienone is 1. The van der Waals surface area contributed by atoms with Gasteiger partial charge in [-0.2, -0.15) is 0 Å². The second kappa shape index (κ2) is 4.06. The van der Waals surface area contributed by atoms with Crippen LogP contribution in [0.1, 0.15) is 30.7 Å². The van der Waals surface area contributed by atoms with Gasteiger partial charge in [0.25, 0.3) is 0 Å². The quantitative estimate of drug-likeness (QED) is 0.754. The fourth-order valence-electron chi connectivity index (χ4n) is 4.52. The van der Waals surface area contributed by atoms with Gasteiger partial charge in [-0.1, -0.05) is 36.4 Å². The van der Waals surface area contributed by atoms with Crippen molar-refractivity contribution >= 4 is 10.8 Å². The summed E-state index contributed by atoms with van der Waals surface area (Å²) in [7, 11) is -0.720. The van der Waals surface area contributed by atoms with Gasteiger partial charge < -0.3 is 0 Å². The number of benzene rings is 1. The molecule has 1 nitrogen and oxygen atoms in total. The highest BCUT2D eigenvalue weighted by atomic mass is 32.2. The van der Waals surface area contributed by atoms with E-state index in [1.807, 2.05) is 5.41 Å². The molecular weight excluding hydrogens is 240 g/mol. The van der Waals surface area contributed by atoms with Crippen molar-refractivity contribution in [3.8, 4) is 0 Å². The van der Waals surface area contributed by atoms with Crippen LogP contribution in [0.4, 0.5) is 0 Å². The molecule has 1 aromatic carbocycles. The van der Waals surface area contributed by atoms with Crippen molar-refractivity contribution in [2.24, 2.45) is 17.8 Å². The standard InChI is InChI=1S/C16H18OS/c17-18-9-8-14(11-4-2-1-3-5-11)15-12-6-7-13(10-12)16(15)18/h1-5,8-9,12-16H,6-7,10H2. The molecule has 1 aromatic rings. The molecule has 6 unspecified atom stereocenters. The van der Waals surface area contributed by atoms with Crippen molar-refractivity contribution < 1.29 is 4.21 Å². The zero-order valence-corrected chi connectivity index (χ0v) is 11.2. The first-order valence-corrected chi connectivity index (χ1v) is 8.25. The molecule has 18 heavy (non-hydrogen) atoms. The molecule has 0 N–H and O–H groups in total. The Hall–Kier alpha value is -0.890. The van der Waals surface area contributed by atoms with Gasteiger partial charge in [0.15, 0.2) is 0 Å². The van der Waals surface area contributed by atoms with E-state index < -0.39 is 10.8 Å². The zero-order chi connectivity index (χ0) is 12.1. The third-order valence-corrected chi connectivity index (χ3v) is 6.85. The molecule has 0 saturated heterocycles. The highest BCUT2D eigenvalue weighted by molar-refractivity contribution is 7.88. The van der Waals surface area contributed by atoms with Crippen LogP contribution in [0.3, 0.4) is 0 Å². The molecule has 0 aromatic heterocycles. The highest BCUT2D eigenvalue weighted by Gasteiger charge is 2.53. The highest BCUT2D eigenvalue weighted by Crippen LogP contribution is 2.57. The Labute approximate surface area is 111 Å². The fraction of sp³-hybridized carbons (Fsp3) is 0.500. The van der Waals surface area contributed by atoms with Gasteiger partial charge in [0, 0.05) is 22.0 Å². The monoisotopic (exact) mass is 258 g/mol. The van der Waals surface area contributed by atoms with Crippen LogP contribution in [-0.2, 0) is 10.8 Å². The summed E-state index contributed by atoms with van der Waals surface area (Å²) in [5.74, 6) is 2.69. The van der Waals surface area contributed by atoms with E-state index in [2.05, 4.69) is 36.4 Å². The van der Waals surface area contributed by atoms with E-state index >= 15 is 0 Å². The van der Waals surface area contributed by atoms with Gasteiger partial charge in [-0.05, 0) is 48.0 Å². The van der Waals surface area contributed by atoms with Gasteiger partial charge in [0.05, 0.1) is 0 Å². The van der Waals surface area contributed by atoms with Crippen molar-refractivity contribution in [2.45, 2.75) is 30.4 Å². The maximum atomic E-state index is 12.3. The van der Waals surface area contributed by atoms with E-state index in [1.54, 1.807) is 0 Å². The summed E-state index contributed by atoms with van der Waals surface area (Å²) < 4.78 is 12.3. The Morgan fingerprint density at radius 1 is 1.06 bits per heavy atom. The molecule has 2 aliphatic carbocycles. The fourth-order valence-corrected chi connectivity index (χ4v) is 6.35. The lowest BCUT2D eigenvalue weighted by Crippen LogP contribution is -2.36. The summed E-state index contributed by atoms with van der Waals surface area (Å²) in [5, 5.41) is 2.42. The SMILES string of the molecule is O=S1C=CC(c2ccccc2)C2C3CCC(C3)C21. The molecule has 4 rings (SSSR count). The van der Waals surface area contributed by atoms with Gasteiger partial charge in [-0.25, -0.2) is 0 Å². The van der Waals surface area contributed by atoms with Gasteiger partial charge >= 0.3 is 0 Å². The molecule has 0 amide bonds. The zero-order valence-electron chi connectivity index (χ0n) is 10.4. The number of hydrogen-bond donors (Lipinski definition) is 0. The maximum Gasteiger partial charge on any atom is 0.0490 e. The normalized spacial score (nSPS) is 45.1. The van der Waals surface area contributed by atoms with Crippen molar-refractivity contribution in [2.75, 3.05) is 0 Å². The molecule has 2 saturated carbocycles. The largest absolute Gasteiger partial charge is 0.255 e. The van der Waals surface area contributed by atoms with Crippen LogP contribution in [0.15, 0.2) is 41.8 Å². The lowest BCUT2D eigenvalue weighted by Gasteiger charge is -2.37. The van der Waals surface area contributed by atoms with Crippen LogP contribution in [0.25, 0.3) is 0 Å². The van der Waals surface area contributed by atoms with Crippen molar-refractivity contribution in [3.05, 3.63) is 47.4 Å². The molecule has 2 heteroatoms. The second-order valence-electron chi connectivity index (χ2n) is 5.97. The molecule has 0 radical (unpaired) electrons. The minimum absolute atomic E-state index is 0.443. The summed E-state index contributed by atoms with van der Waals surface area (Å²) in [6.07, 6.45) is 6.21. The number of fused-ring (bicyclic) bond motifs is 5. The Balaban J connectivity index is 1.76. The first-order valence-electron chi connectivity index (χ1n) is 6.97. The lowest BCUT2D eigenvalue weighted by molar-refractivity contribution is 0.311. The first-order chi connectivity index (χ1) is 8.84. The van der Waals surface area contributed by atoms with Crippen LogP contribution in [0.5, 0.6) is 0 Å². The van der Waals surface area contributed by atoms with E-state index in [9.17, 15) is 4.21 Å².